The molecule has 0 spiro atoms. The van der Waals surface area contributed by atoms with Crippen LogP contribution in [-0.2, 0) is 11.8 Å². The summed E-state index contributed by atoms with van der Waals surface area (Å²) in [7, 11) is 0. The van der Waals surface area contributed by atoms with E-state index in [-0.39, 0.29) is 5.41 Å². The molecule has 2 aliphatic rings. The minimum atomic E-state index is -0.171. The fourth-order valence-corrected chi connectivity index (χ4v) is 9.88. The van der Waals surface area contributed by atoms with E-state index in [1.54, 1.807) is 0 Å². The van der Waals surface area contributed by atoms with E-state index in [0.717, 1.165) is 12.8 Å². The summed E-state index contributed by atoms with van der Waals surface area (Å²) in [5.74, 6) is 0. The summed E-state index contributed by atoms with van der Waals surface area (Å²) in [5.41, 5.74) is 13.8. The van der Waals surface area contributed by atoms with Gasteiger partial charge in [-0.25, -0.2) is 0 Å². The predicted octanol–water partition coefficient (Wildman–Crippen LogP) is 14.1. The number of rotatable bonds is 2. The second kappa shape index (κ2) is 10.5. The number of allylic oxidation sites excluding steroid dienone is 1. The maximum absolute atomic E-state index is 2.58. The van der Waals surface area contributed by atoms with Crippen molar-refractivity contribution in [3.8, 4) is 33.4 Å². The number of hydrogen-bond donors (Lipinski definition) is 0. The van der Waals surface area contributed by atoms with Crippen LogP contribution in [0, 0.1) is 0 Å². The zero-order valence-electron chi connectivity index (χ0n) is 28.9. The first-order valence-electron chi connectivity index (χ1n) is 18.3. The van der Waals surface area contributed by atoms with Crippen LogP contribution in [0.1, 0.15) is 42.5 Å². The maximum atomic E-state index is 2.58. The summed E-state index contributed by atoms with van der Waals surface area (Å²) in [5, 5.41) is 13.2. The van der Waals surface area contributed by atoms with Crippen LogP contribution in [0.2, 0.25) is 0 Å². The molecule has 0 heteroatoms. The molecule has 0 unspecified atom stereocenters. The Morgan fingerprint density at radius 2 is 1.00 bits per heavy atom. The van der Waals surface area contributed by atoms with Gasteiger partial charge in [0.05, 0.1) is 0 Å². The van der Waals surface area contributed by atoms with Gasteiger partial charge in [0, 0.05) is 5.41 Å². The van der Waals surface area contributed by atoms with E-state index in [1.165, 1.54) is 109 Å². The zero-order valence-corrected chi connectivity index (χ0v) is 28.9. The molecular formula is C51H36. The highest BCUT2D eigenvalue weighted by Gasteiger charge is 2.41. The molecule has 11 rings (SSSR count). The molecule has 0 saturated carbocycles. The van der Waals surface area contributed by atoms with Gasteiger partial charge in [-0.2, -0.15) is 0 Å². The van der Waals surface area contributed by atoms with Crippen molar-refractivity contribution in [3.63, 3.8) is 0 Å². The number of fused-ring (bicyclic) bond motifs is 13. The molecule has 0 bridgehead atoms. The smallest absolute Gasteiger partial charge is 0.0165 e. The molecule has 0 heterocycles. The number of benzene rings is 9. The average molecular weight is 649 g/mol. The minimum absolute atomic E-state index is 0.171. The van der Waals surface area contributed by atoms with Gasteiger partial charge in [0.15, 0.2) is 0 Å². The van der Waals surface area contributed by atoms with Gasteiger partial charge in [0.2, 0.25) is 0 Å². The molecule has 0 fully saturated rings. The Hall–Kier alpha value is -5.98. The number of hydrogen-bond acceptors (Lipinski definition) is 0. The largest absolute Gasteiger partial charge is 0.0836 e. The predicted molar refractivity (Wildman–Crippen MR) is 220 cm³/mol. The lowest BCUT2D eigenvalue weighted by Gasteiger charge is -2.26. The van der Waals surface area contributed by atoms with Gasteiger partial charge in [0.1, 0.15) is 0 Å². The molecule has 2 aliphatic carbocycles. The van der Waals surface area contributed by atoms with Gasteiger partial charge in [-0.3, -0.25) is 0 Å². The lowest BCUT2D eigenvalue weighted by Crippen LogP contribution is -2.16. The normalized spacial score (nSPS) is 14.4. The summed E-state index contributed by atoms with van der Waals surface area (Å²) in [6.07, 6.45) is 6.92. The molecule has 0 atom stereocenters. The molecule has 0 amide bonds. The fourth-order valence-electron chi connectivity index (χ4n) is 9.88. The van der Waals surface area contributed by atoms with Crippen LogP contribution in [0.25, 0.3) is 93.3 Å². The molecular weight excluding hydrogens is 613 g/mol. The summed E-state index contributed by atoms with van der Waals surface area (Å²) >= 11 is 0. The average Bonchev–Trinajstić information content (AvgIpc) is 3.43. The highest BCUT2D eigenvalue weighted by molar-refractivity contribution is 6.25. The van der Waals surface area contributed by atoms with Crippen molar-refractivity contribution in [2.24, 2.45) is 0 Å². The zero-order chi connectivity index (χ0) is 33.8. The third-order valence-electron chi connectivity index (χ3n) is 12.0. The second-order valence-corrected chi connectivity index (χ2v) is 15.0. The van der Waals surface area contributed by atoms with Gasteiger partial charge in [-0.05, 0) is 134 Å². The monoisotopic (exact) mass is 648 g/mol. The Bertz CT molecular complexity index is 2930. The summed E-state index contributed by atoms with van der Waals surface area (Å²) in [6, 6.07) is 54.8. The molecule has 0 N–H and O–H groups in total. The maximum Gasteiger partial charge on any atom is 0.0165 e. The molecule has 0 aliphatic heterocycles. The van der Waals surface area contributed by atoms with Crippen molar-refractivity contribution in [1.82, 2.24) is 0 Å². The third-order valence-corrected chi connectivity index (χ3v) is 12.0. The lowest BCUT2D eigenvalue weighted by atomic mass is 9.77. The van der Waals surface area contributed by atoms with Gasteiger partial charge in [-0.1, -0.05) is 159 Å². The quantitative estimate of drug-likeness (QED) is 0.164. The van der Waals surface area contributed by atoms with Gasteiger partial charge in [0.25, 0.3) is 0 Å². The summed E-state index contributed by atoms with van der Waals surface area (Å²) in [6.45, 7) is 4.93. The highest BCUT2D eigenvalue weighted by atomic mass is 14.4. The van der Waals surface area contributed by atoms with E-state index in [4.69, 9.17) is 0 Å². The van der Waals surface area contributed by atoms with E-state index in [0.29, 0.717) is 0 Å². The van der Waals surface area contributed by atoms with Gasteiger partial charge in [-0.15, -0.1) is 0 Å². The SMILES string of the molecule is CC1(C)c2cc(-c3c4ccccc4c(-c4ccc5ccccc5c4)c4ccccc34)c3ccccc3c2-c2c3c(c4ccccc4c21)C=CCC3. The van der Waals surface area contributed by atoms with Crippen molar-refractivity contribution < 1.29 is 0 Å². The van der Waals surface area contributed by atoms with E-state index in [2.05, 4.69) is 172 Å². The van der Waals surface area contributed by atoms with Crippen LogP contribution in [0.15, 0.2) is 152 Å². The van der Waals surface area contributed by atoms with E-state index in [1.807, 2.05) is 0 Å². The van der Waals surface area contributed by atoms with Gasteiger partial charge < -0.3 is 0 Å². The molecule has 51 heavy (non-hydrogen) atoms. The first-order valence-corrected chi connectivity index (χ1v) is 18.3. The Morgan fingerprint density at radius 1 is 0.451 bits per heavy atom. The van der Waals surface area contributed by atoms with Crippen LogP contribution in [0.5, 0.6) is 0 Å². The fraction of sp³-hybridized carbons (Fsp3) is 0.0980. The van der Waals surface area contributed by atoms with Crippen molar-refractivity contribution in [2.45, 2.75) is 32.1 Å². The van der Waals surface area contributed by atoms with Crippen LogP contribution in [-0.4, -0.2) is 0 Å². The minimum Gasteiger partial charge on any atom is -0.0836 e. The van der Waals surface area contributed by atoms with Crippen LogP contribution < -0.4 is 0 Å². The summed E-state index contributed by atoms with van der Waals surface area (Å²) in [4.78, 5) is 0. The molecule has 0 radical (unpaired) electrons. The standard InChI is InChI=1S/C51H36/c1-51(2)45-30-44(36-19-6-8-20-37(36)48(45)49-38-21-9-5-17-34(38)35-18-7-14-26-43(35)50(49)51)47-41-24-12-10-22-39(41)46(40-23-11-13-25-42(40)47)33-28-27-31-15-3-4-16-32(31)29-33/h3-8,10-20,22-30H,9,21H2,1-2H3. The Morgan fingerprint density at radius 3 is 1.69 bits per heavy atom. The third kappa shape index (κ3) is 3.91. The van der Waals surface area contributed by atoms with Crippen LogP contribution >= 0.6 is 0 Å². The van der Waals surface area contributed by atoms with Crippen LogP contribution in [0.3, 0.4) is 0 Å². The molecule has 0 saturated heterocycles. The van der Waals surface area contributed by atoms with Gasteiger partial charge >= 0.3 is 0 Å². The summed E-state index contributed by atoms with van der Waals surface area (Å²) < 4.78 is 0. The molecule has 9 aromatic rings. The molecule has 240 valence electrons. The van der Waals surface area contributed by atoms with E-state index >= 15 is 0 Å². The Kier molecular flexibility index (Phi) is 5.94. The first-order chi connectivity index (χ1) is 25.1. The Labute approximate surface area is 298 Å². The highest BCUT2D eigenvalue weighted by Crippen LogP contribution is 2.58. The van der Waals surface area contributed by atoms with Crippen molar-refractivity contribution in [1.29, 1.82) is 0 Å². The Balaban J connectivity index is 1.27. The van der Waals surface area contributed by atoms with Crippen molar-refractivity contribution >= 4 is 59.9 Å². The lowest BCUT2D eigenvalue weighted by molar-refractivity contribution is 0.666. The molecule has 0 nitrogen and oxygen atoms in total. The molecule has 9 aromatic carbocycles. The van der Waals surface area contributed by atoms with E-state index < -0.39 is 0 Å². The van der Waals surface area contributed by atoms with Crippen molar-refractivity contribution in [2.75, 3.05) is 0 Å². The van der Waals surface area contributed by atoms with Crippen molar-refractivity contribution in [3.05, 3.63) is 174 Å². The topological polar surface area (TPSA) is 0 Å². The van der Waals surface area contributed by atoms with Crippen LogP contribution in [0.4, 0.5) is 0 Å². The molecule has 0 aromatic heterocycles. The second-order valence-electron chi connectivity index (χ2n) is 15.0. The first kappa shape index (κ1) is 28.8. The van der Waals surface area contributed by atoms with E-state index in [9.17, 15) is 0 Å².